The zero-order chi connectivity index (χ0) is 13.1. The van der Waals surface area contributed by atoms with Crippen LogP contribution in [-0.4, -0.2) is 12.8 Å². The molecule has 1 N–H and O–H groups in total. The minimum absolute atomic E-state index is 0.139. The van der Waals surface area contributed by atoms with Crippen molar-refractivity contribution < 1.29 is 4.74 Å². The number of fused-ring (bicyclic) bond motifs is 1. The molecule has 0 aromatic heterocycles. The Morgan fingerprint density at radius 2 is 1.95 bits per heavy atom. The van der Waals surface area contributed by atoms with E-state index >= 15 is 0 Å². The molecular formula is C17H21NO. The standard InChI is InChI=1S/C17H21NO/c1-13(19-17-8-4-5-11-18-17)15-10-9-14-6-2-3-7-16(14)12-15/h2-3,6-7,9-10,12-13,17-18H,4-5,8,11H2,1H3/t13-,17?/m0/s1. The van der Waals surface area contributed by atoms with E-state index in [0.29, 0.717) is 0 Å². The van der Waals surface area contributed by atoms with E-state index in [1.807, 2.05) is 0 Å². The van der Waals surface area contributed by atoms with Gasteiger partial charge >= 0.3 is 0 Å². The third-order valence-corrected chi connectivity index (χ3v) is 3.88. The predicted molar refractivity (Wildman–Crippen MR) is 79.1 cm³/mol. The summed E-state index contributed by atoms with van der Waals surface area (Å²) in [5.74, 6) is 0. The lowest BCUT2D eigenvalue weighted by molar-refractivity contribution is -0.0357. The highest BCUT2D eigenvalue weighted by molar-refractivity contribution is 5.83. The van der Waals surface area contributed by atoms with Crippen molar-refractivity contribution in [2.24, 2.45) is 0 Å². The average Bonchev–Trinajstić information content (AvgIpc) is 2.48. The second-order valence-electron chi connectivity index (χ2n) is 5.32. The summed E-state index contributed by atoms with van der Waals surface area (Å²) in [7, 11) is 0. The number of ether oxygens (including phenoxy) is 1. The van der Waals surface area contributed by atoms with Crippen LogP contribution in [-0.2, 0) is 4.74 Å². The molecule has 100 valence electrons. The molecule has 3 rings (SSSR count). The van der Waals surface area contributed by atoms with Crippen LogP contribution in [0.2, 0.25) is 0 Å². The van der Waals surface area contributed by atoms with Crippen LogP contribution in [0, 0.1) is 0 Å². The van der Waals surface area contributed by atoms with E-state index in [-0.39, 0.29) is 12.3 Å². The van der Waals surface area contributed by atoms with Crippen molar-refractivity contribution in [3.63, 3.8) is 0 Å². The molecule has 1 aliphatic rings. The average molecular weight is 255 g/mol. The maximum Gasteiger partial charge on any atom is 0.108 e. The molecule has 0 radical (unpaired) electrons. The van der Waals surface area contributed by atoms with Gasteiger partial charge in [-0.1, -0.05) is 36.4 Å². The molecule has 0 saturated carbocycles. The molecule has 2 heteroatoms. The van der Waals surface area contributed by atoms with Crippen molar-refractivity contribution in [2.75, 3.05) is 6.54 Å². The molecule has 1 heterocycles. The number of rotatable bonds is 3. The van der Waals surface area contributed by atoms with Gasteiger partial charge in [-0.15, -0.1) is 0 Å². The van der Waals surface area contributed by atoms with Crippen LogP contribution in [0.15, 0.2) is 42.5 Å². The fourth-order valence-corrected chi connectivity index (χ4v) is 2.72. The molecule has 0 bridgehead atoms. The molecule has 2 aromatic carbocycles. The highest BCUT2D eigenvalue weighted by Crippen LogP contribution is 2.24. The van der Waals surface area contributed by atoms with Gasteiger partial charge in [-0.05, 0) is 55.1 Å². The van der Waals surface area contributed by atoms with E-state index in [2.05, 4.69) is 54.7 Å². The Kier molecular flexibility index (Phi) is 3.81. The van der Waals surface area contributed by atoms with Crippen molar-refractivity contribution in [3.05, 3.63) is 48.0 Å². The molecule has 2 atom stereocenters. The predicted octanol–water partition coefficient (Wildman–Crippen LogP) is 4.02. The Labute approximate surface area is 114 Å². The number of piperidine rings is 1. The van der Waals surface area contributed by atoms with Gasteiger partial charge in [0.25, 0.3) is 0 Å². The largest absolute Gasteiger partial charge is 0.356 e. The Bertz CT molecular complexity index is 546. The molecule has 19 heavy (non-hydrogen) atoms. The Morgan fingerprint density at radius 1 is 1.11 bits per heavy atom. The summed E-state index contributed by atoms with van der Waals surface area (Å²) in [6.07, 6.45) is 4.01. The molecule has 0 spiro atoms. The first-order valence-corrected chi connectivity index (χ1v) is 7.20. The van der Waals surface area contributed by atoms with Gasteiger partial charge in [-0.25, -0.2) is 0 Å². The minimum atomic E-state index is 0.139. The van der Waals surface area contributed by atoms with Crippen molar-refractivity contribution in [3.8, 4) is 0 Å². The van der Waals surface area contributed by atoms with Gasteiger partial charge in [0.15, 0.2) is 0 Å². The zero-order valence-electron chi connectivity index (χ0n) is 11.4. The summed E-state index contributed by atoms with van der Waals surface area (Å²) >= 11 is 0. The molecule has 1 fully saturated rings. The van der Waals surface area contributed by atoms with Gasteiger partial charge in [0.05, 0.1) is 6.10 Å². The topological polar surface area (TPSA) is 21.3 Å². The maximum absolute atomic E-state index is 6.12. The van der Waals surface area contributed by atoms with Gasteiger partial charge in [0, 0.05) is 0 Å². The van der Waals surface area contributed by atoms with Crippen LogP contribution >= 0.6 is 0 Å². The van der Waals surface area contributed by atoms with E-state index in [0.717, 1.165) is 13.0 Å². The van der Waals surface area contributed by atoms with E-state index in [9.17, 15) is 0 Å². The zero-order valence-corrected chi connectivity index (χ0v) is 11.4. The van der Waals surface area contributed by atoms with Gasteiger partial charge < -0.3 is 4.74 Å². The molecule has 0 aliphatic carbocycles. The molecule has 1 saturated heterocycles. The van der Waals surface area contributed by atoms with Crippen LogP contribution in [0.25, 0.3) is 10.8 Å². The first kappa shape index (κ1) is 12.6. The van der Waals surface area contributed by atoms with Gasteiger partial charge in [0.1, 0.15) is 6.23 Å². The third-order valence-electron chi connectivity index (χ3n) is 3.88. The smallest absolute Gasteiger partial charge is 0.108 e. The van der Waals surface area contributed by atoms with E-state index in [1.165, 1.54) is 29.2 Å². The fourth-order valence-electron chi connectivity index (χ4n) is 2.72. The Hall–Kier alpha value is -1.38. The molecule has 1 unspecified atom stereocenters. The maximum atomic E-state index is 6.12. The molecule has 2 aromatic rings. The van der Waals surface area contributed by atoms with Crippen LogP contribution in [0.4, 0.5) is 0 Å². The SMILES string of the molecule is C[C@H](OC1CCCCN1)c1ccc2ccccc2c1. The summed E-state index contributed by atoms with van der Waals surface area (Å²) in [6.45, 7) is 3.22. The lowest BCUT2D eigenvalue weighted by Gasteiger charge is -2.27. The Balaban J connectivity index is 1.75. The third kappa shape index (κ3) is 2.96. The fraction of sp³-hybridized carbons (Fsp3) is 0.412. The lowest BCUT2D eigenvalue weighted by Crippen LogP contribution is -2.36. The normalized spacial score (nSPS) is 21.4. The van der Waals surface area contributed by atoms with Crippen molar-refractivity contribution in [1.82, 2.24) is 5.32 Å². The molecule has 1 aliphatic heterocycles. The van der Waals surface area contributed by atoms with Crippen molar-refractivity contribution >= 4 is 10.8 Å². The molecule has 2 nitrogen and oxygen atoms in total. The second-order valence-corrected chi connectivity index (χ2v) is 5.32. The number of benzene rings is 2. The highest BCUT2D eigenvalue weighted by atomic mass is 16.5. The van der Waals surface area contributed by atoms with Gasteiger partial charge in [-0.2, -0.15) is 0 Å². The number of nitrogens with one attached hydrogen (secondary N) is 1. The summed E-state index contributed by atoms with van der Waals surface area (Å²) in [5, 5.41) is 6.01. The van der Waals surface area contributed by atoms with E-state index in [4.69, 9.17) is 4.74 Å². The summed E-state index contributed by atoms with van der Waals surface area (Å²) in [4.78, 5) is 0. The Morgan fingerprint density at radius 3 is 2.74 bits per heavy atom. The first-order chi connectivity index (χ1) is 9.33. The minimum Gasteiger partial charge on any atom is -0.356 e. The highest BCUT2D eigenvalue weighted by Gasteiger charge is 2.17. The van der Waals surface area contributed by atoms with Crippen LogP contribution in [0.5, 0.6) is 0 Å². The van der Waals surface area contributed by atoms with Crippen LogP contribution in [0.3, 0.4) is 0 Å². The summed E-state index contributed by atoms with van der Waals surface area (Å²) < 4.78 is 6.12. The van der Waals surface area contributed by atoms with E-state index < -0.39 is 0 Å². The summed E-state index contributed by atoms with van der Waals surface area (Å²) in [6, 6.07) is 15.1. The first-order valence-electron chi connectivity index (χ1n) is 7.20. The second kappa shape index (κ2) is 5.72. The van der Waals surface area contributed by atoms with E-state index in [1.54, 1.807) is 0 Å². The molecular weight excluding hydrogens is 234 g/mol. The van der Waals surface area contributed by atoms with Gasteiger partial charge in [-0.3, -0.25) is 5.32 Å². The van der Waals surface area contributed by atoms with Crippen LogP contribution in [0.1, 0.15) is 37.9 Å². The summed E-state index contributed by atoms with van der Waals surface area (Å²) in [5.41, 5.74) is 1.26. The van der Waals surface area contributed by atoms with Gasteiger partial charge in [0.2, 0.25) is 0 Å². The number of hydrogen-bond acceptors (Lipinski definition) is 2. The lowest BCUT2D eigenvalue weighted by atomic mass is 10.0. The van der Waals surface area contributed by atoms with Crippen molar-refractivity contribution in [1.29, 1.82) is 0 Å². The van der Waals surface area contributed by atoms with Crippen LogP contribution < -0.4 is 5.32 Å². The quantitative estimate of drug-likeness (QED) is 0.894. The monoisotopic (exact) mass is 255 g/mol. The molecule has 0 amide bonds. The van der Waals surface area contributed by atoms with Crippen molar-refractivity contribution in [2.45, 2.75) is 38.5 Å². The number of hydrogen-bond donors (Lipinski definition) is 1.